The number of nitrogens with one attached hydrogen (secondary N) is 2. The number of para-hydroxylation sites is 1. The van der Waals surface area contributed by atoms with Gasteiger partial charge in [-0.05, 0) is 37.1 Å². The van der Waals surface area contributed by atoms with E-state index in [2.05, 4.69) is 10.6 Å². The third-order valence-electron chi connectivity index (χ3n) is 4.79. The Hall–Kier alpha value is -3.48. The molecule has 0 spiro atoms. The third-order valence-corrected chi connectivity index (χ3v) is 4.79. The quantitative estimate of drug-likeness (QED) is 0.539. The SMILES string of the molecule is O=C(COC(=O)/C=C/c1ccccc1F)Nc1ccccc1C(=O)NC1CCCC1. The van der Waals surface area contributed by atoms with E-state index in [9.17, 15) is 18.8 Å². The fraction of sp³-hybridized carbons (Fsp3) is 0.261. The van der Waals surface area contributed by atoms with Gasteiger partial charge in [-0.3, -0.25) is 9.59 Å². The molecule has 1 saturated carbocycles. The molecule has 0 bridgehead atoms. The molecule has 0 unspecified atom stereocenters. The van der Waals surface area contributed by atoms with E-state index in [1.165, 1.54) is 18.2 Å². The van der Waals surface area contributed by atoms with Crippen molar-refractivity contribution >= 4 is 29.5 Å². The fourth-order valence-electron chi connectivity index (χ4n) is 3.26. The highest BCUT2D eigenvalue weighted by molar-refractivity contribution is 6.04. The summed E-state index contributed by atoms with van der Waals surface area (Å²) in [5.41, 5.74) is 0.931. The lowest BCUT2D eigenvalue weighted by molar-refractivity contribution is -0.142. The molecule has 1 aliphatic rings. The lowest BCUT2D eigenvalue weighted by Crippen LogP contribution is -2.33. The monoisotopic (exact) mass is 410 g/mol. The van der Waals surface area contributed by atoms with Crippen LogP contribution in [0.15, 0.2) is 54.6 Å². The minimum absolute atomic E-state index is 0.156. The average molecular weight is 410 g/mol. The minimum atomic E-state index is -0.777. The maximum absolute atomic E-state index is 13.5. The van der Waals surface area contributed by atoms with Gasteiger partial charge >= 0.3 is 5.97 Å². The first-order chi connectivity index (χ1) is 14.5. The predicted molar refractivity (Wildman–Crippen MR) is 111 cm³/mol. The predicted octanol–water partition coefficient (Wildman–Crippen LogP) is 3.69. The molecular weight excluding hydrogens is 387 g/mol. The Morgan fingerprint density at radius 2 is 1.73 bits per heavy atom. The number of halogens is 1. The second-order valence-electron chi connectivity index (χ2n) is 7.01. The van der Waals surface area contributed by atoms with Crippen LogP contribution in [0.4, 0.5) is 10.1 Å². The summed E-state index contributed by atoms with van der Waals surface area (Å²) in [6.45, 7) is -0.529. The summed E-state index contributed by atoms with van der Waals surface area (Å²) >= 11 is 0. The van der Waals surface area contributed by atoms with E-state index in [4.69, 9.17) is 4.74 Å². The molecule has 6 nitrogen and oxygen atoms in total. The highest BCUT2D eigenvalue weighted by atomic mass is 19.1. The van der Waals surface area contributed by atoms with Crippen LogP contribution in [-0.4, -0.2) is 30.4 Å². The van der Waals surface area contributed by atoms with E-state index in [1.807, 2.05) is 0 Å². The largest absolute Gasteiger partial charge is 0.452 e. The van der Waals surface area contributed by atoms with Gasteiger partial charge in [0.25, 0.3) is 11.8 Å². The zero-order chi connectivity index (χ0) is 21.3. The first-order valence-electron chi connectivity index (χ1n) is 9.82. The van der Waals surface area contributed by atoms with Gasteiger partial charge in [-0.2, -0.15) is 0 Å². The van der Waals surface area contributed by atoms with Crippen molar-refractivity contribution in [2.45, 2.75) is 31.7 Å². The number of amides is 2. The molecule has 0 atom stereocenters. The Labute approximate surface area is 174 Å². The number of anilines is 1. The van der Waals surface area contributed by atoms with E-state index < -0.39 is 24.3 Å². The van der Waals surface area contributed by atoms with E-state index in [0.29, 0.717) is 11.3 Å². The molecule has 156 valence electrons. The van der Waals surface area contributed by atoms with Crippen molar-refractivity contribution < 1.29 is 23.5 Å². The number of esters is 1. The second-order valence-corrected chi connectivity index (χ2v) is 7.01. The highest BCUT2D eigenvalue weighted by Crippen LogP contribution is 2.20. The summed E-state index contributed by atoms with van der Waals surface area (Å²) in [5, 5.41) is 5.57. The number of hydrogen-bond donors (Lipinski definition) is 2. The Balaban J connectivity index is 1.53. The normalized spacial score (nSPS) is 13.9. The molecule has 2 amide bonds. The number of carbonyl (C=O) groups excluding carboxylic acids is 3. The topological polar surface area (TPSA) is 84.5 Å². The van der Waals surface area contributed by atoms with Crippen molar-refractivity contribution in [2.75, 3.05) is 11.9 Å². The van der Waals surface area contributed by atoms with Gasteiger partial charge in [-0.1, -0.05) is 43.2 Å². The van der Waals surface area contributed by atoms with Crippen molar-refractivity contribution in [3.63, 3.8) is 0 Å². The molecule has 0 heterocycles. The minimum Gasteiger partial charge on any atom is -0.452 e. The lowest BCUT2D eigenvalue weighted by atomic mass is 10.1. The molecule has 3 rings (SSSR count). The zero-order valence-corrected chi connectivity index (χ0v) is 16.4. The molecule has 0 saturated heterocycles. The molecule has 2 aromatic carbocycles. The summed E-state index contributed by atoms with van der Waals surface area (Å²) in [6.07, 6.45) is 6.43. The Morgan fingerprint density at radius 1 is 1.03 bits per heavy atom. The Morgan fingerprint density at radius 3 is 2.50 bits per heavy atom. The van der Waals surface area contributed by atoms with Crippen LogP contribution in [0.2, 0.25) is 0 Å². The summed E-state index contributed by atoms with van der Waals surface area (Å²) in [7, 11) is 0. The van der Waals surface area contributed by atoms with Crippen molar-refractivity contribution in [1.82, 2.24) is 5.32 Å². The van der Waals surface area contributed by atoms with Gasteiger partial charge in [0.1, 0.15) is 5.82 Å². The maximum Gasteiger partial charge on any atom is 0.331 e. The van der Waals surface area contributed by atoms with Crippen molar-refractivity contribution in [3.8, 4) is 0 Å². The first-order valence-corrected chi connectivity index (χ1v) is 9.82. The molecule has 2 aromatic rings. The van der Waals surface area contributed by atoms with Gasteiger partial charge in [0.05, 0.1) is 11.3 Å². The van der Waals surface area contributed by atoms with E-state index in [-0.39, 0.29) is 17.5 Å². The second kappa shape index (κ2) is 10.3. The number of benzene rings is 2. The number of hydrogen-bond acceptors (Lipinski definition) is 4. The smallest absolute Gasteiger partial charge is 0.331 e. The maximum atomic E-state index is 13.5. The molecule has 0 aromatic heterocycles. The van der Waals surface area contributed by atoms with Crippen molar-refractivity contribution in [1.29, 1.82) is 0 Å². The Bertz CT molecular complexity index is 952. The van der Waals surface area contributed by atoms with Crippen molar-refractivity contribution in [3.05, 3.63) is 71.6 Å². The third kappa shape index (κ3) is 6.01. The molecule has 30 heavy (non-hydrogen) atoms. The number of rotatable bonds is 7. The van der Waals surface area contributed by atoms with Gasteiger partial charge in [0.2, 0.25) is 0 Å². The number of carbonyl (C=O) groups is 3. The fourth-order valence-corrected chi connectivity index (χ4v) is 3.26. The van der Waals surface area contributed by atoms with Gasteiger partial charge in [0.15, 0.2) is 6.61 Å². The van der Waals surface area contributed by atoms with Gasteiger partial charge < -0.3 is 15.4 Å². The molecule has 0 radical (unpaired) electrons. The van der Waals surface area contributed by atoms with Crippen LogP contribution in [0.3, 0.4) is 0 Å². The summed E-state index contributed by atoms with van der Waals surface area (Å²) in [5.74, 6) is -2.07. The van der Waals surface area contributed by atoms with Crippen LogP contribution >= 0.6 is 0 Å². The van der Waals surface area contributed by atoms with E-state index >= 15 is 0 Å². The van der Waals surface area contributed by atoms with Gasteiger partial charge in [0, 0.05) is 17.7 Å². The van der Waals surface area contributed by atoms with E-state index in [0.717, 1.165) is 31.8 Å². The highest BCUT2D eigenvalue weighted by Gasteiger charge is 2.20. The molecule has 1 fully saturated rings. The summed E-state index contributed by atoms with van der Waals surface area (Å²) < 4.78 is 18.4. The van der Waals surface area contributed by atoms with Crippen molar-refractivity contribution in [2.24, 2.45) is 0 Å². The van der Waals surface area contributed by atoms with Crippen LogP contribution in [-0.2, 0) is 14.3 Å². The molecule has 1 aliphatic carbocycles. The van der Waals surface area contributed by atoms with Crippen LogP contribution < -0.4 is 10.6 Å². The average Bonchev–Trinajstić information content (AvgIpc) is 3.25. The van der Waals surface area contributed by atoms with Gasteiger partial charge in [-0.25, -0.2) is 9.18 Å². The summed E-state index contributed by atoms with van der Waals surface area (Å²) in [6, 6.07) is 12.8. The summed E-state index contributed by atoms with van der Waals surface area (Å²) in [4.78, 5) is 36.5. The standard InChI is InChI=1S/C23H23FN2O4/c24-19-11-5-1-7-16(19)13-14-22(28)30-15-21(27)26-20-12-6-4-10-18(20)23(29)25-17-8-2-3-9-17/h1,4-7,10-14,17H,2-3,8-9,15H2,(H,25,29)(H,26,27)/b14-13+. The molecular formula is C23H23FN2O4. The zero-order valence-electron chi connectivity index (χ0n) is 16.4. The Kier molecular flexibility index (Phi) is 7.32. The van der Waals surface area contributed by atoms with E-state index in [1.54, 1.807) is 36.4 Å². The first kappa shape index (κ1) is 21.2. The van der Waals surface area contributed by atoms with Gasteiger partial charge in [-0.15, -0.1) is 0 Å². The lowest BCUT2D eigenvalue weighted by Gasteiger charge is -2.15. The molecule has 2 N–H and O–H groups in total. The molecule has 0 aliphatic heterocycles. The van der Waals surface area contributed by atoms with Crippen LogP contribution in [0.5, 0.6) is 0 Å². The number of ether oxygens (including phenoxy) is 1. The van der Waals surface area contributed by atoms with Crippen LogP contribution in [0, 0.1) is 5.82 Å². The van der Waals surface area contributed by atoms with Crippen LogP contribution in [0.1, 0.15) is 41.6 Å². The van der Waals surface area contributed by atoms with Crippen LogP contribution in [0.25, 0.3) is 6.08 Å². The molecule has 7 heteroatoms.